The van der Waals surface area contributed by atoms with Gasteiger partial charge in [0.1, 0.15) is 0 Å². The first-order chi connectivity index (χ1) is 9.29. The van der Waals surface area contributed by atoms with Crippen molar-refractivity contribution >= 4 is 23.8 Å². The van der Waals surface area contributed by atoms with E-state index >= 15 is 0 Å². The summed E-state index contributed by atoms with van der Waals surface area (Å²) in [5, 5.41) is 20.6. The van der Waals surface area contributed by atoms with Gasteiger partial charge < -0.3 is 20.4 Å². The maximum Gasteiger partial charge on any atom is 0.321 e. The quantitative estimate of drug-likeness (QED) is 0.573. The first-order valence-electron chi connectivity index (χ1n) is 6.28. The molecule has 0 radical (unpaired) electrons. The third kappa shape index (κ3) is 3.46. The predicted octanol–water partition coefficient (Wildman–Crippen LogP) is -0.709. The Labute approximate surface area is 115 Å². The lowest BCUT2D eigenvalue weighted by atomic mass is 9.78. The molecule has 1 heterocycles. The number of nitrogens with one attached hydrogen (secondary N) is 1. The van der Waals surface area contributed by atoms with Gasteiger partial charge in [-0.1, -0.05) is 0 Å². The summed E-state index contributed by atoms with van der Waals surface area (Å²) in [6, 6.07) is 0. The molecule has 0 atom stereocenters. The molecule has 0 aliphatic carbocycles. The Balaban J connectivity index is 2.53. The number of carbonyl (C=O) groups is 4. The number of hydrogen-bond acceptors (Lipinski definition) is 4. The zero-order valence-electron chi connectivity index (χ0n) is 11.2. The molecule has 1 saturated heterocycles. The molecule has 0 saturated carbocycles. The van der Waals surface area contributed by atoms with Crippen molar-refractivity contribution in [2.45, 2.75) is 26.2 Å². The van der Waals surface area contributed by atoms with Crippen LogP contribution in [0.25, 0.3) is 0 Å². The van der Waals surface area contributed by atoms with Gasteiger partial charge in [0.25, 0.3) is 0 Å². The van der Waals surface area contributed by atoms with Gasteiger partial charge in [-0.15, -0.1) is 0 Å². The molecule has 8 heteroatoms. The second-order valence-corrected chi connectivity index (χ2v) is 4.81. The molecule has 0 unspecified atom stereocenters. The third-order valence-corrected chi connectivity index (χ3v) is 3.50. The fourth-order valence-corrected chi connectivity index (χ4v) is 2.16. The molecule has 1 aliphatic heterocycles. The van der Waals surface area contributed by atoms with Gasteiger partial charge in [0.2, 0.25) is 11.8 Å². The van der Waals surface area contributed by atoms with Crippen LogP contribution in [0, 0.1) is 5.41 Å². The molecule has 1 aliphatic rings. The number of piperidine rings is 1. The predicted molar refractivity (Wildman–Crippen MR) is 66.8 cm³/mol. The van der Waals surface area contributed by atoms with Crippen LogP contribution in [0.3, 0.4) is 0 Å². The third-order valence-electron chi connectivity index (χ3n) is 3.50. The zero-order valence-corrected chi connectivity index (χ0v) is 11.2. The normalized spacial score (nSPS) is 17.4. The van der Waals surface area contributed by atoms with Gasteiger partial charge in [-0.05, 0) is 12.8 Å². The van der Waals surface area contributed by atoms with Crippen LogP contribution in [0.15, 0.2) is 0 Å². The molecule has 0 aromatic heterocycles. The van der Waals surface area contributed by atoms with Crippen LogP contribution in [-0.2, 0) is 19.2 Å². The highest BCUT2D eigenvalue weighted by Crippen LogP contribution is 2.32. The van der Waals surface area contributed by atoms with Crippen LogP contribution in [0.5, 0.6) is 0 Å². The highest BCUT2D eigenvalue weighted by atomic mass is 16.4. The molecular formula is C12H18N2O6. The maximum atomic E-state index is 11.8. The molecule has 0 bridgehead atoms. The van der Waals surface area contributed by atoms with Crippen LogP contribution >= 0.6 is 0 Å². The van der Waals surface area contributed by atoms with Gasteiger partial charge in [-0.25, -0.2) is 0 Å². The van der Waals surface area contributed by atoms with E-state index in [0.717, 1.165) is 0 Å². The minimum atomic E-state index is -1.80. The van der Waals surface area contributed by atoms with Gasteiger partial charge in [0, 0.05) is 33.0 Å². The van der Waals surface area contributed by atoms with Gasteiger partial charge in [0.15, 0.2) is 5.41 Å². The number of amides is 2. The molecule has 0 spiro atoms. The summed E-state index contributed by atoms with van der Waals surface area (Å²) < 4.78 is 0. The average Bonchev–Trinajstić information content (AvgIpc) is 2.37. The molecule has 8 nitrogen and oxygen atoms in total. The summed E-state index contributed by atoms with van der Waals surface area (Å²) in [6.07, 6.45) is -0.0974. The number of nitrogens with zero attached hydrogens (tertiary/aromatic N) is 1. The maximum absolute atomic E-state index is 11.8. The van der Waals surface area contributed by atoms with Gasteiger partial charge in [-0.2, -0.15) is 0 Å². The van der Waals surface area contributed by atoms with E-state index in [2.05, 4.69) is 5.32 Å². The average molecular weight is 286 g/mol. The Morgan fingerprint density at radius 1 is 1.10 bits per heavy atom. The molecule has 0 aromatic carbocycles. The Bertz CT molecular complexity index is 410. The van der Waals surface area contributed by atoms with Crippen LogP contribution in [0.1, 0.15) is 26.2 Å². The molecule has 1 fully saturated rings. The second kappa shape index (κ2) is 6.36. The van der Waals surface area contributed by atoms with Crippen LogP contribution in [0.2, 0.25) is 0 Å². The number of aliphatic carboxylic acids is 2. The van der Waals surface area contributed by atoms with Crippen molar-refractivity contribution in [1.82, 2.24) is 10.2 Å². The van der Waals surface area contributed by atoms with Crippen LogP contribution in [0.4, 0.5) is 0 Å². The summed E-state index contributed by atoms with van der Waals surface area (Å²) in [4.78, 5) is 46.1. The summed E-state index contributed by atoms with van der Waals surface area (Å²) >= 11 is 0. The highest BCUT2D eigenvalue weighted by Gasteiger charge is 2.49. The second-order valence-electron chi connectivity index (χ2n) is 4.81. The van der Waals surface area contributed by atoms with Gasteiger partial charge in [0.05, 0.1) is 0 Å². The number of carboxylic acid groups (broad SMARTS) is 2. The number of carbonyl (C=O) groups excluding carboxylic acids is 2. The van der Waals surface area contributed by atoms with Crippen molar-refractivity contribution < 1.29 is 29.4 Å². The van der Waals surface area contributed by atoms with E-state index in [9.17, 15) is 19.2 Å². The van der Waals surface area contributed by atoms with Crippen molar-refractivity contribution in [1.29, 1.82) is 0 Å². The van der Waals surface area contributed by atoms with Crippen molar-refractivity contribution in [2.24, 2.45) is 5.41 Å². The summed E-state index contributed by atoms with van der Waals surface area (Å²) in [5.41, 5.74) is -1.80. The Kier molecular flexibility index (Phi) is 5.06. The number of rotatable bonds is 5. The van der Waals surface area contributed by atoms with Crippen molar-refractivity contribution in [3.8, 4) is 0 Å². The lowest BCUT2D eigenvalue weighted by molar-refractivity contribution is -0.169. The summed E-state index contributed by atoms with van der Waals surface area (Å²) in [6.45, 7) is 1.75. The monoisotopic (exact) mass is 286 g/mol. The van der Waals surface area contributed by atoms with Gasteiger partial charge >= 0.3 is 11.9 Å². The molecule has 20 heavy (non-hydrogen) atoms. The Hall–Kier alpha value is -2.12. The van der Waals surface area contributed by atoms with E-state index in [-0.39, 0.29) is 50.7 Å². The smallest absolute Gasteiger partial charge is 0.321 e. The van der Waals surface area contributed by atoms with E-state index in [1.54, 1.807) is 0 Å². The topological polar surface area (TPSA) is 124 Å². The minimum absolute atomic E-state index is 0.0947. The number of carboxylic acids is 2. The highest BCUT2D eigenvalue weighted by molar-refractivity contribution is 5.98. The minimum Gasteiger partial charge on any atom is -0.480 e. The summed E-state index contributed by atoms with van der Waals surface area (Å²) in [5.74, 6) is -3.18. The fourth-order valence-electron chi connectivity index (χ4n) is 2.16. The Morgan fingerprint density at radius 2 is 1.60 bits per heavy atom. The number of hydrogen-bond donors (Lipinski definition) is 3. The first kappa shape index (κ1) is 15.9. The zero-order chi connectivity index (χ0) is 15.3. The Morgan fingerprint density at radius 3 is 2.00 bits per heavy atom. The molecule has 1 rings (SSSR count). The van der Waals surface area contributed by atoms with E-state index in [1.165, 1.54) is 11.8 Å². The van der Waals surface area contributed by atoms with Gasteiger partial charge in [-0.3, -0.25) is 19.2 Å². The molecular weight excluding hydrogens is 268 g/mol. The van der Waals surface area contributed by atoms with E-state index in [1.807, 2.05) is 0 Å². The van der Waals surface area contributed by atoms with E-state index in [0.29, 0.717) is 0 Å². The fraction of sp³-hybridized carbons (Fsp3) is 0.667. The SMILES string of the molecule is CC(=O)NCCC(=O)N1CCC(C(=O)O)(C(=O)O)CC1. The van der Waals surface area contributed by atoms with Crippen LogP contribution < -0.4 is 5.32 Å². The van der Waals surface area contributed by atoms with Crippen molar-refractivity contribution in [2.75, 3.05) is 19.6 Å². The van der Waals surface area contributed by atoms with Crippen molar-refractivity contribution in [3.05, 3.63) is 0 Å². The standard InChI is InChI=1S/C12H18N2O6/c1-8(15)13-5-2-9(16)14-6-3-12(4-7-14,10(17)18)11(19)20/h2-7H2,1H3,(H,13,15)(H,17,18)(H,19,20). The first-order valence-corrected chi connectivity index (χ1v) is 6.28. The largest absolute Gasteiger partial charge is 0.480 e. The van der Waals surface area contributed by atoms with E-state index in [4.69, 9.17) is 10.2 Å². The molecule has 2 amide bonds. The summed E-state index contributed by atoms with van der Waals surface area (Å²) in [7, 11) is 0. The van der Waals surface area contributed by atoms with Crippen molar-refractivity contribution in [3.63, 3.8) is 0 Å². The van der Waals surface area contributed by atoms with Crippen LogP contribution in [-0.4, -0.2) is 58.5 Å². The lowest BCUT2D eigenvalue weighted by Gasteiger charge is -2.36. The number of likely N-dealkylation sites (tertiary alicyclic amines) is 1. The molecule has 112 valence electrons. The van der Waals surface area contributed by atoms with E-state index < -0.39 is 17.4 Å². The lowest BCUT2D eigenvalue weighted by Crippen LogP contribution is -2.50. The molecule has 0 aromatic rings. The molecule has 3 N–H and O–H groups in total.